The van der Waals surface area contributed by atoms with E-state index in [1.807, 2.05) is 26.0 Å². The zero-order chi connectivity index (χ0) is 12.4. The van der Waals surface area contributed by atoms with E-state index in [0.29, 0.717) is 6.42 Å². The van der Waals surface area contributed by atoms with Gasteiger partial charge in [-0.05, 0) is 39.3 Å². The number of ketones is 1. The molecule has 0 N–H and O–H groups in total. The molecular formula is C13H15NO2S. The Bertz CT molecular complexity index is 539. The molecule has 0 amide bonds. The number of furan rings is 1. The van der Waals surface area contributed by atoms with Gasteiger partial charge in [-0.15, -0.1) is 11.3 Å². The van der Waals surface area contributed by atoms with E-state index >= 15 is 0 Å². The molecule has 90 valence electrons. The van der Waals surface area contributed by atoms with Gasteiger partial charge < -0.3 is 9.21 Å². The van der Waals surface area contributed by atoms with Crippen molar-refractivity contribution in [3.63, 3.8) is 0 Å². The Hall–Kier alpha value is -1.42. The number of aromatic nitrogens is 1. The van der Waals surface area contributed by atoms with Crippen molar-refractivity contribution in [1.29, 1.82) is 0 Å². The first kappa shape index (κ1) is 12.0. The number of carbonyl (C=O) groups excluding carboxylic acids is 1. The molecule has 2 rings (SSSR count). The summed E-state index contributed by atoms with van der Waals surface area (Å²) < 4.78 is 5.54. The minimum atomic E-state index is 0.216. The largest absolute Gasteiger partial charge is 0.459 e. The van der Waals surface area contributed by atoms with Crippen LogP contribution in [-0.4, -0.2) is 10.8 Å². The van der Waals surface area contributed by atoms with Gasteiger partial charge in [0.1, 0.15) is 11.5 Å². The molecule has 17 heavy (non-hydrogen) atoms. The average molecular weight is 249 g/mol. The van der Waals surface area contributed by atoms with Gasteiger partial charge in [-0.3, -0.25) is 0 Å². The number of nitrogens with zero attached hydrogens (tertiary/aromatic N) is 1. The van der Waals surface area contributed by atoms with E-state index < -0.39 is 0 Å². The fraction of sp³-hybridized carbons (Fsp3) is 0.385. The van der Waals surface area contributed by atoms with Gasteiger partial charge >= 0.3 is 0 Å². The van der Waals surface area contributed by atoms with E-state index in [4.69, 9.17) is 4.42 Å². The highest BCUT2D eigenvalue weighted by atomic mass is 32.1. The molecule has 0 saturated carbocycles. The van der Waals surface area contributed by atoms with Gasteiger partial charge in [0.05, 0.1) is 5.69 Å². The zero-order valence-corrected chi connectivity index (χ0v) is 11.1. The lowest BCUT2D eigenvalue weighted by atomic mass is 10.2. The smallest absolute Gasteiger partial charge is 0.162 e. The highest BCUT2D eigenvalue weighted by Gasteiger charge is 2.12. The molecular weight excluding hydrogens is 234 g/mol. The zero-order valence-electron chi connectivity index (χ0n) is 10.2. The van der Waals surface area contributed by atoms with Crippen molar-refractivity contribution >= 4 is 17.1 Å². The molecule has 4 heteroatoms. The molecule has 0 unspecified atom stereocenters. The third-order valence-electron chi connectivity index (χ3n) is 2.55. The number of Topliss-reactive ketones (excluding diaryl/α,β-unsaturated/α-hetero) is 1. The number of hydrogen-bond acceptors (Lipinski definition) is 4. The monoisotopic (exact) mass is 249 g/mol. The average Bonchev–Trinajstić information content (AvgIpc) is 2.82. The van der Waals surface area contributed by atoms with Crippen molar-refractivity contribution in [2.45, 2.75) is 33.6 Å². The summed E-state index contributed by atoms with van der Waals surface area (Å²) in [5.74, 6) is 1.91. The van der Waals surface area contributed by atoms with Crippen LogP contribution in [0.15, 0.2) is 16.5 Å². The standard InChI is InChI=1S/C13H15NO2S/c1-8(15)4-7-12-10(3)14-13(17-12)11-6-5-9(2)16-11/h5-6H,4,7H2,1-3H3. The van der Waals surface area contributed by atoms with Crippen LogP contribution in [0.4, 0.5) is 0 Å². The minimum Gasteiger partial charge on any atom is -0.459 e. The first-order valence-corrected chi connectivity index (χ1v) is 6.40. The maximum Gasteiger partial charge on any atom is 0.162 e. The maximum atomic E-state index is 11.0. The summed E-state index contributed by atoms with van der Waals surface area (Å²) in [7, 11) is 0. The van der Waals surface area contributed by atoms with E-state index in [9.17, 15) is 4.79 Å². The Labute approximate surface area is 104 Å². The Morgan fingerprint density at radius 1 is 1.41 bits per heavy atom. The van der Waals surface area contributed by atoms with Gasteiger partial charge in [-0.1, -0.05) is 0 Å². The fourth-order valence-corrected chi connectivity index (χ4v) is 2.63. The molecule has 3 nitrogen and oxygen atoms in total. The van der Waals surface area contributed by atoms with Crippen molar-refractivity contribution in [3.8, 4) is 10.8 Å². The van der Waals surface area contributed by atoms with Gasteiger partial charge in [0, 0.05) is 11.3 Å². The van der Waals surface area contributed by atoms with Crippen molar-refractivity contribution in [2.75, 3.05) is 0 Å². The first-order valence-electron chi connectivity index (χ1n) is 5.59. The second kappa shape index (κ2) is 4.84. The number of rotatable bonds is 4. The minimum absolute atomic E-state index is 0.216. The second-order valence-corrected chi connectivity index (χ2v) is 5.22. The van der Waals surface area contributed by atoms with Crippen LogP contribution in [0.2, 0.25) is 0 Å². The van der Waals surface area contributed by atoms with E-state index in [-0.39, 0.29) is 5.78 Å². The van der Waals surface area contributed by atoms with Gasteiger partial charge in [-0.25, -0.2) is 4.98 Å². The topological polar surface area (TPSA) is 43.1 Å². The summed E-state index contributed by atoms with van der Waals surface area (Å²) >= 11 is 1.61. The molecule has 0 spiro atoms. The molecule has 2 aromatic rings. The van der Waals surface area contributed by atoms with Gasteiger partial charge in [0.15, 0.2) is 10.8 Å². The van der Waals surface area contributed by atoms with Gasteiger partial charge in [0.2, 0.25) is 0 Å². The molecule has 0 fully saturated rings. The summed E-state index contributed by atoms with van der Waals surface area (Å²) in [6, 6.07) is 3.86. The molecule has 0 radical (unpaired) electrons. The van der Waals surface area contributed by atoms with Crippen LogP contribution >= 0.6 is 11.3 Å². The summed E-state index contributed by atoms with van der Waals surface area (Å²) in [5, 5.41) is 0.897. The Balaban J connectivity index is 2.21. The van der Waals surface area contributed by atoms with Crippen molar-refractivity contribution in [2.24, 2.45) is 0 Å². The first-order chi connectivity index (χ1) is 8.06. The molecule has 0 atom stereocenters. The van der Waals surface area contributed by atoms with Crippen molar-refractivity contribution < 1.29 is 9.21 Å². The fourth-order valence-electron chi connectivity index (χ4n) is 1.60. The van der Waals surface area contributed by atoms with Crippen LogP contribution in [0, 0.1) is 13.8 Å². The molecule has 0 aliphatic rings. The lowest BCUT2D eigenvalue weighted by molar-refractivity contribution is -0.116. The molecule has 0 bridgehead atoms. The quantitative estimate of drug-likeness (QED) is 0.832. The summed E-state index contributed by atoms with van der Waals surface area (Å²) in [5.41, 5.74) is 1.00. The van der Waals surface area contributed by atoms with Crippen molar-refractivity contribution in [1.82, 2.24) is 4.98 Å². The molecule has 2 heterocycles. The predicted molar refractivity (Wildman–Crippen MR) is 68.3 cm³/mol. The number of carbonyl (C=O) groups is 1. The predicted octanol–water partition coefficient (Wildman–Crippen LogP) is 3.54. The highest BCUT2D eigenvalue weighted by Crippen LogP contribution is 2.29. The summed E-state index contributed by atoms with van der Waals surface area (Å²) in [4.78, 5) is 16.6. The molecule has 0 aliphatic heterocycles. The molecule has 0 saturated heterocycles. The van der Waals surface area contributed by atoms with E-state index in [2.05, 4.69) is 4.98 Å². The maximum absolute atomic E-state index is 11.0. The van der Waals surface area contributed by atoms with Crippen LogP contribution in [0.25, 0.3) is 10.8 Å². The number of aryl methyl sites for hydroxylation is 3. The normalized spacial score (nSPS) is 10.8. The van der Waals surface area contributed by atoms with E-state index in [1.165, 1.54) is 4.88 Å². The Kier molecular flexibility index (Phi) is 3.43. The van der Waals surface area contributed by atoms with Crippen LogP contribution in [0.3, 0.4) is 0 Å². The Morgan fingerprint density at radius 2 is 2.18 bits per heavy atom. The SMILES string of the molecule is CC(=O)CCc1sc(-c2ccc(C)o2)nc1C. The van der Waals surface area contributed by atoms with Crippen LogP contribution < -0.4 is 0 Å². The highest BCUT2D eigenvalue weighted by molar-refractivity contribution is 7.15. The summed E-state index contributed by atoms with van der Waals surface area (Å²) in [6.45, 7) is 5.51. The Morgan fingerprint density at radius 3 is 2.76 bits per heavy atom. The molecule has 0 aliphatic carbocycles. The second-order valence-electron chi connectivity index (χ2n) is 4.14. The van der Waals surface area contributed by atoms with Crippen molar-refractivity contribution in [3.05, 3.63) is 28.5 Å². The summed E-state index contributed by atoms with van der Waals surface area (Å²) in [6.07, 6.45) is 1.36. The van der Waals surface area contributed by atoms with E-state index in [0.717, 1.165) is 28.6 Å². The van der Waals surface area contributed by atoms with E-state index in [1.54, 1.807) is 18.3 Å². The van der Waals surface area contributed by atoms with Gasteiger partial charge in [-0.2, -0.15) is 0 Å². The van der Waals surface area contributed by atoms with Crippen LogP contribution in [0.1, 0.15) is 29.7 Å². The molecule has 2 aromatic heterocycles. The van der Waals surface area contributed by atoms with Gasteiger partial charge in [0.25, 0.3) is 0 Å². The molecule has 0 aromatic carbocycles. The third kappa shape index (κ3) is 2.82. The number of hydrogen-bond donors (Lipinski definition) is 0. The van der Waals surface area contributed by atoms with Crippen LogP contribution in [0.5, 0.6) is 0 Å². The lowest BCUT2D eigenvalue weighted by Crippen LogP contribution is -1.93. The third-order valence-corrected chi connectivity index (χ3v) is 3.78. The van der Waals surface area contributed by atoms with Crippen LogP contribution in [-0.2, 0) is 11.2 Å². The number of thiazole rings is 1. The lowest BCUT2D eigenvalue weighted by Gasteiger charge is -1.93.